The number of rotatable bonds is 2. The molecule has 0 spiro atoms. The third kappa shape index (κ3) is 1.95. The maximum Gasteiger partial charge on any atom is 0.136 e. The molecule has 2 aromatic rings. The lowest BCUT2D eigenvalue weighted by molar-refractivity contribution is 0.644. The Labute approximate surface area is 108 Å². The van der Waals surface area contributed by atoms with Crippen LogP contribution in [-0.4, -0.2) is 16.1 Å². The largest absolute Gasteiger partial charge is 0.310 e. The quantitative estimate of drug-likeness (QED) is 0.876. The summed E-state index contributed by atoms with van der Waals surface area (Å²) in [4.78, 5) is 4.61. The van der Waals surface area contributed by atoms with Gasteiger partial charge >= 0.3 is 0 Å². The first-order valence-corrected chi connectivity index (χ1v) is 6.60. The van der Waals surface area contributed by atoms with Crippen molar-refractivity contribution in [2.75, 3.05) is 6.54 Å². The first-order valence-electron chi connectivity index (χ1n) is 6.60. The summed E-state index contributed by atoms with van der Waals surface area (Å²) >= 11 is 0. The summed E-state index contributed by atoms with van der Waals surface area (Å²) < 4.78 is 2.19. The second-order valence-electron chi connectivity index (χ2n) is 5.05. The van der Waals surface area contributed by atoms with E-state index in [0.717, 1.165) is 12.4 Å². The Balaban J connectivity index is 1.91. The molecule has 3 rings (SSSR count). The van der Waals surface area contributed by atoms with Crippen molar-refractivity contribution in [3.63, 3.8) is 0 Å². The number of hydrogen-bond acceptors (Lipinski definition) is 2. The van der Waals surface area contributed by atoms with Crippen LogP contribution in [0.5, 0.6) is 0 Å². The third-order valence-corrected chi connectivity index (χ3v) is 3.73. The Morgan fingerprint density at radius 1 is 1.17 bits per heavy atom. The SMILES string of the molecule is Cc1ccc(C)n1-c1ccc([C@@H]2CCCN2)cn1. The van der Waals surface area contributed by atoms with E-state index in [9.17, 15) is 0 Å². The molecule has 1 N–H and O–H groups in total. The highest BCUT2D eigenvalue weighted by molar-refractivity contribution is 5.33. The van der Waals surface area contributed by atoms with E-state index in [0.29, 0.717) is 6.04 Å². The van der Waals surface area contributed by atoms with Crippen LogP contribution in [0, 0.1) is 13.8 Å². The minimum absolute atomic E-state index is 0.499. The zero-order valence-electron chi connectivity index (χ0n) is 11.0. The molecule has 0 aliphatic carbocycles. The van der Waals surface area contributed by atoms with Crippen molar-refractivity contribution < 1.29 is 0 Å². The van der Waals surface area contributed by atoms with Gasteiger partial charge in [-0.25, -0.2) is 4.98 Å². The normalized spacial score (nSPS) is 19.3. The fraction of sp³-hybridized carbons (Fsp3) is 0.400. The van der Waals surface area contributed by atoms with Crippen LogP contribution in [0.25, 0.3) is 5.82 Å². The summed E-state index contributed by atoms with van der Waals surface area (Å²) in [5.41, 5.74) is 3.76. The van der Waals surface area contributed by atoms with Gasteiger partial charge < -0.3 is 9.88 Å². The first-order chi connectivity index (χ1) is 8.75. The molecule has 1 atom stereocenters. The molecule has 3 heterocycles. The van der Waals surface area contributed by atoms with Crippen LogP contribution < -0.4 is 5.32 Å². The van der Waals surface area contributed by atoms with Crippen LogP contribution in [-0.2, 0) is 0 Å². The number of nitrogens with one attached hydrogen (secondary N) is 1. The highest BCUT2D eigenvalue weighted by Crippen LogP contribution is 2.23. The molecule has 3 nitrogen and oxygen atoms in total. The molecule has 1 aliphatic heterocycles. The minimum Gasteiger partial charge on any atom is -0.310 e. The smallest absolute Gasteiger partial charge is 0.136 e. The lowest BCUT2D eigenvalue weighted by atomic mass is 10.1. The molecule has 0 unspecified atom stereocenters. The number of aromatic nitrogens is 2. The van der Waals surface area contributed by atoms with E-state index in [1.807, 2.05) is 6.20 Å². The molecule has 0 aromatic carbocycles. The summed E-state index contributed by atoms with van der Waals surface area (Å²) in [7, 11) is 0. The van der Waals surface area contributed by atoms with Crippen LogP contribution in [0.4, 0.5) is 0 Å². The van der Waals surface area contributed by atoms with Gasteiger partial charge in [0, 0.05) is 23.6 Å². The zero-order valence-corrected chi connectivity index (χ0v) is 11.0. The van der Waals surface area contributed by atoms with Gasteiger partial charge in [0.25, 0.3) is 0 Å². The molecule has 18 heavy (non-hydrogen) atoms. The van der Waals surface area contributed by atoms with Crippen LogP contribution in [0.15, 0.2) is 30.5 Å². The van der Waals surface area contributed by atoms with Gasteiger partial charge in [-0.15, -0.1) is 0 Å². The Bertz CT molecular complexity index is 514. The molecule has 1 saturated heterocycles. The molecule has 3 heteroatoms. The van der Waals surface area contributed by atoms with Gasteiger partial charge in [-0.2, -0.15) is 0 Å². The third-order valence-electron chi connectivity index (χ3n) is 3.73. The van der Waals surface area contributed by atoms with Crippen LogP contribution in [0.1, 0.15) is 35.8 Å². The summed E-state index contributed by atoms with van der Waals surface area (Å²) in [5, 5.41) is 3.50. The Hall–Kier alpha value is -1.61. The maximum absolute atomic E-state index is 4.61. The van der Waals surface area contributed by atoms with E-state index in [4.69, 9.17) is 0 Å². The van der Waals surface area contributed by atoms with Gasteiger partial charge in [0.15, 0.2) is 0 Å². The molecule has 1 aliphatic rings. The minimum atomic E-state index is 0.499. The predicted molar refractivity (Wildman–Crippen MR) is 73.0 cm³/mol. The lowest BCUT2D eigenvalue weighted by Gasteiger charge is -2.12. The van der Waals surface area contributed by atoms with E-state index in [2.05, 4.69) is 53.0 Å². The second-order valence-corrected chi connectivity index (χ2v) is 5.05. The summed E-state index contributed by atoms with van der Waals surface area (Å²) in [6.45, 7) is 5.35. The van der Waals surface area contributed by atoms with Crippen molar-refractivity contribution in [3.8, 4) is 5.82 Å². The molecular weight excluding hydrogens is 222 g/mol. The van der Waals surface area contributed by atoms with Gasteiger partial charge in [0.05, 0.1) is 0 Å². The number of nitrogens with zero attached hydrogens (tertiary/aromatic N) is 2. The molecule has 2 aromatic heterocycles. The lowest BCUT2D eigenvalue weighted by Crippen LogP contribution is -2.13. The summed E-state index contributed by atoms with van der Waals surface area (Å²) in [5.74, 6) is 1.01. The molecule has 94 valence electrons. The summed E-state index contributed by atoms with van der Waals surface area (Å²) in [6, 6.07) is 9.07. The second kappa shape index (κ2) is 4.58. The molecule has 0 radical (unpaired) electrons. The van der Waals surface area contributed by atoms with Gasteiger partial charge in [0.1, 0.15) is 5.82 Å². The number of aryl methyl sites for hydroxylation is 2. The van der Waals surface area contributed by atoms with E-state index in [-0.39, 0.29) is 0 Å². The van der Waals surface area contributed by atoms with E-state index >= 15 is 0 Å². The fourth-order valence-corrected chi connectivity index (χ4v) is 2.73. The topological polar surface area (TPSA) is 29.9 Å². The van der Waals surface area contributed by atoms with Gasteiger partial charge in [-0.05, 0) is 57.0 Å². The first kappa shape index (κ1) is 11.5. The van der Waals surface area contributed by atoms with Crippen molar-refractivity contribution in [3.05, 3.63) is 47.4 Å². The van der Waals surface area contributed by atoms with Crippen molar-refractivity contribution in [1.29, 1.82) is 0 Å². The Morgan fingerprint density at radius 3 is 2.50 bits per heavy atom. The molecular formula is C15H19N3. The van der Waals surface area contributed by atoms with E-state index in [1.54, 1.807) is 0 Å². The van der Waals surface area contributed by atoms with Gasteiger partial charge in [-0.3, -0.25) is 0 Å². The molecule has 0 amide bonds. The van der Waals surface area contributed by atoms with E-state index < -0.39 is 0 Å². The van der Waals surface area contributed by atoms with Crippen LogP contribution in [0.2, 0.25) is 0 Å². The maximum atomic E-state index is 4.61. The Morgan fingerprint density at radius 2 is 1.94 bits per heavy atom. The van der Waals surface area contributed by atoms with Crippen molar-refractivity contribution >= 4 is 0 Å². The predicted octanol–water partition coefficient (Wildman–Crippen LogP) is 2.91. The fourth-order valence-electron chi connectivity index (χ4n) is 2.73. The molecule has 0 saturated carbocycles. The van der Waals surface area contributed by atoms with Crippen molar-refractivity contribution in [2.45, 2.75) is 32.7 Å². The molecule has 0 bridgehead atoms. The zero-order chi connectivity index (χ0) is 12.5. The Kier molecular flexibility index (Phi) is 2.92. The van der Waals surface area contributed by atoms with Crippen molar-refractivity contribution in [1.82, 2.24) is 14.9 Å². The van der Waals surface area contributed by atoms with Gasteiger partial charge in [0.2, 0.25) is 0 Å². The van der Waals surface area contributed by atoms with Crippen molar-refractivity contribution in [2.24, 2.45) is 0 Å². The van der Waals surface area contributed by atoms with Gasteiger partial charge in [-0.1, -0.05) is 6.07 Å². The monoisotopic (exact) mass is 241 g/mol. The highest BCUT2D eigenvalue weighted by Gasteiger charge is 2.16. The van der Waals surface area contributed by atoms with Crippen LogP contribution in [0.3, 0.4) is 0 Å². The summed E-state index contributed by atoms with van der Waals surface area (Å²) in [6.07, 6.45) is 4.50. The average molecular weight is 241 g/mol. The number of hydrogen-bond donors (Lipinski definition) is 1. The molecule has 1 fully saturated rings. The van der Waals surface area contributed by atoms with Crippen LogP contribution >= 0.6 is 0 Å². The highest BCUT2D eigenvalue weighted by atomic mass is 15.1. The number of pyridine rings is 1. The average Bonchev–Trinajstić information content (AvgIpc) is 3.01. The van der Waals surface area contributed by atoms with E-state index in [1.165, 1.54) is 29.8 Å². The standard InChI is InChI=1S/C15H19N3/c1-11-5-6-12(2)18(11)15-8-7-13(10-17-15)14-4-3-9-16-14/h5-8,10,14,16H,3-4,9H2,1-2H3/t14-/m0/s1.